The highest BCUT2D eigenvalue weighted by atomic mass is 32.1. The molecule has 0 fully saturated rings. The van der Waals surface area contributed by atoms with Crippen LogP contribution in [-0.4, -0.2) is 0 Å². The Bertz CT molecular complexity index is 696. The van der Waals surface area contributed by atoms with Crippen molar-refractivity contribution in [2.45, 2.75) is 97.8 Å². The number of rotatable bonds is 7. The van der Waals surface area contributed by atoms with E-state index in [0.29, 0.717) is 17.8 Å². The average molecular weight is 375 g/mol. The molecule has 0 N–H and O–H groups in total. The first kappa shape index (κ1) is 21.3. The summed E-state index contributed by atoms with van der Waals surface area (Å²) in [6.07, 6.45) is 2.33. The maximum atomic E-state index is 6.15. The summed E-state index contributed by atoms with van der Waals surface area (Å²) in [6, 6.07) is 9.02. The molecule has 0 radical (unpaired) electrons. The highest BCUT2D eigenvalue weighted by Crippen LogP contribution is 2.40. The number of hydrogen-bond donors (Lipinski definition) is 0. The van der Waals surface area contributed by atoms with Gasteiger partial charge in [-0.2, -0.15) is 0 Å². The molecule has 0 saturated heterocycles. The first-order valence-electron chi connectivity index (χ1n) is 10.1. The van der Waals surface area contributed by atoms with Crippen molar-refractivity contribution < 1.29 is 4.42 Å². The molecular weight excluding hydrogens is 336 g/mol. The molecule has 2 heteroatoms. The molecule has 0 aliphatic heterocycles. The molecular formula is C24H38OS. The summed E-state index contributed by atoms with van der Waals surface area (Å²) in [6.45, 7) is 20.7. The second-order valence-electron chi connectivity index (χ2n) is 10.0. The van der Waals surface area contributed by atoms with Crippen LogP contribution in [0.1, 0.15) is 108 Å². The molecule has 2 unspecified atom stereocenters. The SMILES string of the molecule is CC(CCC(C)(C)c1ccc(C(C)C(C)C)s1)c1ccc(C(C)(C)C)o1. The lowest BCUT2D eigenvalue weighted by molar-refractivity contribution is 0.356. The van der Waals surface area contributed by atoms with Crippen LogP contribution < -0.4 is 0 Å². The summed E-state index contributed by atoms with van der Waals surface area (Å²) in [5.74, 6) is 4.01. The molecule has 0 saturated carbocycles. The molecule has 0 spiro atoms. The zero-order valence-corrected chi connectivity index (χ0v) is 19.1. The molecule has 2 heterocycles. The third-order valence-electron chi connectivity index (χ3n) is 5.80. The third kappa shape index (κ3) is 5.03. The van der Waals surface area contributed by atoms with E-state index in [4.69, 9.17) is 4.42 Å². The Hall–Kier alpha value is -1.02. The maximum absolute atomic E-state index is 6.15. The predicted octanol–water partition coefficient (Wildman–Crippen LogP) is 8.26. The Balaban J connectivity index is 2.02. The van der Waals surface area contributed by atoms with Crippen molar-refractivity contribution in [3.63, 3.8) is 0 Å². The van der Waals surface area contributed by atoms with Crippen LogP contribution in [0.5, 0.6) is 0 Å². The van der Waals surface area contributed by atoms with Gasteiger partial charge in [0.15, 0.2) is 0 Å². The van der Waals surface area contributed by atoms with E-state index in [9.17, 15) is 0 Å². The lowest BCUT2D eigenvalue weighted by Crippen LogP contribution is -2.16. The fourth-order valence-electron chi connectivity index (χ4n) is 3.15. The third-order valence-corrected chi connectivity index (χ3v) is 7.45. The van der Waals surface area contributed by atoms with Crippen LogP contribution in [0.4, 0.5) is 0 Å². The lowest BCUT2D eigenvalue weighted by Gasteiger charge is -2.25. The standard InChI is InChI=1S/C24H38OS/c1-16(2)18(4)20-11-13-22(26-20)24(8,9)15-14-17(3)19-10-12-21(25-19)23(5,6)7/h10-13,16-18H,14-15H2,1-9H3. The first-order chi connectivity index (χ1) is 11.9. The monoisotopic (exact) mass is 374 g/mol. The molecule has 2 rings (SSSR count). The fourth-order valence-corrected chi connectivity index (χ4v) is 4.52. The van der Waals surface area contributed by atoms with E-state index in [1.165, 1.54) is 16.2 Å². The van der Waals surface area contributed by atoms with Crippen molar-refractivity contribution >= 4 is 11.3 Å². The van der Waals surface area contributed by atoms with E-state index in [1.807, 2.05) is 11.3 Å². The van der Waals surface area contributed by atoms with E-state index < -0.39 is 0 Å². The second kappa shape index (κ2) is 7.92. The van der Waals surface area contributed by atoms with Crippen LogP contribution in [0, 0.1) is 5.92 Å². The van der Waals surface area contributed by atoms with Gasteiger partial charge in [-0.1, -0.05) is 62.3 Å². The quantitative estimate of drug-likeness (QED) is 0.475. The van der Waals surface area contributed by atoms with Gasteiger partial charge >= 0.3 is 0 Å². The molecule has 0 amide bonds. The Kier molecular flexibility index (Phi) is 6.48. The lowest BCUT2D eigenvalue weighted by atomic mass is 9.83. The van der Waals surface area contributed by atoms with Crippen LogP contribution in [0.25, 0.3) is 0 Å². The van der Waals surface area contributed by atoms with Crippen LogP contribution in [0.2, 0.25) is 0 Å². The molecule has 2 atom stereocenters. The van der Waals surface area contributed by atoms with E-state index in [2.05, 4.69) is 86.6 Å². The van der Waals surface area contributed by atoms with Gasteiger partial charge in [-0.3, -0.25) is 0 Å². The normalized spacial score (nSPS) is 15.5. The van der Waals surface area contributed by atoms with Crippen molar-refractivity contribution in [2.24, 2.45) is 5.92 Å². The molecule has 2 aromatic heterocycles. The van der Waals surface area contributed by atoms with Crippen LogP contribution >= 0.6 is 11.3 Å². The summed E-state index contributed by atoms with van der Waals surface area (Å²) in [5, 5.41) is 0. The Morgan fingerprint density at radius 1 is 0.923 bits per heavy atom. The minimum atomic E-state index is 0.0811. The van der Waals surface area contributed by atoms with Crippen LogP contribution in [0.3, 0.4) is 0 Å². The molecule has 0 aliphatic rings. The largest absolute Gasteiger partial charge is 0.465 e. The van der Waals surface area contributed by atoms with E-state index in [-0.39, 0.29) is 10.8 Å². The van der Waals surface area contributed by atoms with Gasteiger partial charge in [-0.15, -0.1) is 11.3 Å². The number of thiophene rings is 1. The maximum Gasteiger partial charge on any atom is 0.109 e. The van der Waals surface area contributed by atoms with Gasteiger partial charge in [-0.25, -0.2) is 0 Å². The topological polar surface area (TPSA) is 13.1 Å². The second-order valence-corrected chi connectivity index (χ2v) is 11.1. The molecule has 0 aliphatic carbocycles. The van der Waals surface area contributed by atoms with Gasteiger partial charge in [-0.05, 0) is 54.4 Å². The zero-order chi connectivity index (χ0) is 19.7. The minimum Gasteiger partial charge on any atom is -0.465 e. The molecule has 1 nitrogen and oxygen atoms in total. The van der Waals surface area contributed by atoms with Gasteiger partial charge in [0.25, 0.3) is 0 Å². The Morgan fingerprint density at radius 3 is 2.12 bits per heavy atom. The van der Waals surface area contributed by atoms with E-state index in [1.54, 1.807) is 0 Å². The number of hydrogen-bond acceptors (Lipinski definition) is 2. The van der Waals surface area contributed by atoms with Crippen molar-refractivity contribution in [2.75, 3.05) is 0 Å². The van der Waals surface area contributed by atoms with Gasteiger partial charge in [0.05, 0.1) is 0 Å². The van der Waals surface area contributed by atoms with Crippen molar-refractivity contribution in [3.05, 3.63) is 45.5 Å². The minimum absolute atomic E-state index is 0.0811. The molecule has 0 aromatic carbocycles. The number of furan rings is 1. The van der Waals surface area contributed by atoms with E-state index in [0.717, 1.165) is 17.9 Å². The van der Waals surface area contributed by atoms with Crippen molar-refractivity contribution in [3.8, 4) is 0 Å². The van der Waals surface area contributed by atoms with Gasteiger partial charge in [0.2, 0.25) is 0 Å². The fraction of sp³-hybridized carbons (Fsp3) is 0.667. The molecule has 0 bridgehead atoms. The molecule has 146 valence electrons. The van der Waals surface area contributed by atoms with Gasteiger partial charge < -0.3 is 4.42 Å². The molecule has 2 aromatic rings. The Morgan fingerprint density at radius 2 is 1.58 bits per heavy atom. The average Bonchev–Trinajstić information content (AvgIpc) is 3.20. The first-order valence-corrected chi connectivity index (χ1v) is 10.9. The highest BCUT2D eigenvalue weighted by molar-refractivity contribution is 7.12. The summed E-state index contributed by atoms with van der Waals surface area (Å²) in [5.41, 5.74) is 0.297. The van der Waals surface area contributed by atoms with E-state index >= 15 is 0 Å². The van der Waals surface area contributed by atoms with Crippen LogP contribution in [0.15, 0.2) is 28.7 Å². The van der Waals surface area contributed by atoms with Crippen molar-refractivity contribution in [1.82, 2.24) is 0 Å². The van der Waals surface area contributed by atoms with Gasteiger partial charge in [0.1, 0.15) is 11.5 Å². The van der Waals surface area contributed by atoms with Crippen LogP contribution in [-0.2, 0) is 10.8 Å². The van der Waals surface area contributed by atoms with Gasteiger partial charge in [0, 0.05) is 21.1 Å². The Labute approximate surface area is 165 Å². The summed E-state index contributed by atoms with van der Waals surface area (Å²) in [7, 11) is 0. The van der Waals surface area contributed by atoms with Crippen molar-refractivity contribution in [1.29, 1.82) is 0 Å². The summed E-state index contributed by atoms with van der Waals surface area (Å²) < 4.78 is 6.15. The summed E-state index contributed by atoms with van der Waals surface area (Å²) in [4.78, 5) is 3.04. The predicted molar refractivity (Wildman–Crippen MR) is 116 cm³/mol. The highest BCUT2D eigenvalue weighted by Gasteiger charge is 2.26. The molecule has 26 heavy (non-hydrogen) atoms. The zero-order valence-electron chi connectivity index (χ0n) is 18.3. The summed E-state index contributed by atoms with van der Waals surface area (Å²) >= 11 is 2.01. The smallest absolute Gasteiger partial charge is 0.109 e.